The molecule has 38 heavy (non-hydrogen) atoms. The van der Waals surface area contributed by atoms with Crippen molar-refractivity contribution in [2.45, 2.75) is 181 Å². The Morgan fingerprint density at radius 3 is 1.37 bits per heavy atom. The highest BCUT2D eigenvalue weighted by Gasteiger charge is 2.29. The zero-order valence-electron chi connectivity index (χ0n) is 27.0. The maximum absolute atomic E-state index is 9.56. The van der Waals surface area contributed by atoms with E-state index in [9.17, 15) is 5.11 Å². The first-order valence-electron chi connectivity index (χ1n) is 17.1. The molecule has 0 spiro atoms. The quantitative estimate of drug-likeness (QED) is 0.0538. The van der Waals surface area contributed by atoms with Gasteiger partial charge in [0.1, 0.15) is 13.2 Å². The van der Waals surface area contributed by atoms with Gasteiger partial charge in [-0.25, -0.2) is 0 Å². The average molecular weight is 543 g/mol. The van der Waals surface area contributed by atoms with Crippen LogP contribution in [-0.2, 0) is 9.47 Å². The van der Waals surface area contributed by atoms with Crippen LogP contribution in [0.25, 0.3) is 0 Å². The number of aliphatic hydroxyl groups is 1. The molecule has 0 aromatic heterocycles. The van der Waals surface area contributed by atoms with Crippen LogP contribution >= 0.6 is 0 Å². The van der Waals surface area contributed by atoms with Crippen molar-refractivity contribution in [2.24, 2.45) is 0 Å². The first kappa shape index (κ1) is 37.8. The minimum absolute atomic E-state index is 0.00924. The summed E-state index contributed by atoms with van der Waals surface area (Å²) in [5, 5.41) is 9.56. The fourth-order valence-corrected chi connectivity index (χ4v) is 5.26. The van der Waals surface area contributed by atoms with Crippen LogP contribution in [0.2, 0.25) is 0 Å². The minimum atomic E-state index is -0.00924. The van der Waals surface area contributed by atoms with Crippen molar-refractivity contribution in [1.29, 1.82) is 0 Å². The molecule has 2 atom stereocenters. The van der Waals surface area contributed by atoms with Crippen molar-refractivity contribution in [2.75, 3.05) is 40.5 Å². The predicted octanol–water partition coefficient (Wildman–Crippen LogP) is 9.81. The number of quaternary nitrogens is 1. The van der Waals surface area contributed by atoms with Crippen molar-refractivity contribution in [1.82, 2.24) is 0 Å². The molecule has 0 saturated heterocycles. The number of rotatable bonds is 31. The van der Waals surface area contributed by atoms with Crippen LogP contribution in [0, 0.1) is 0 Å². The average Bonchev–Trinajstić information content (AvgIpc) is 2.89. The number of ether oxygens (including phenoxy) is 2. The molecule has 0 aromatic carbocycles. The molecule has 4 heteroatoms. The van der Waals surface area contributed by atoms with Crippen molar-refractivity contribution in [3.8, 4) is 0 Å². The monoisotopic (exact) mass is 543 g/mol. The van der Waals surface area contributed by atoms with E-state index in [0.717, 1.165) is 19.4 Å². The molecule has 0 bridgehead atoms. The van der Waals surface area contributed by atoms with E-state index in [2.05, 4.69) is 34.9 Å². The number of nitrogens with zero attached hydrogens (tertiary/aromatic N) is 1. The Labute approximate surface area is 240 Å². The summed E-state index contributed by atoms with van der Waals surface area (Å²) in [5.41, 5.74) is 0. The van der Waals surface area contributed by atoms with Crippen LogP contribution in [0.5, 0.6) is 0 Å². The summed E-state index contributed by atoms with van der Waals surface area (Å²) in [4.78, 5) is 0. The molecule has 0 radical (unpaired) electrons. The molecule has 1 N–H and O–H groups in total. The summed E-state index contributed by atoms with van der Waals surface area (Å²) in [5.74, 6) is 0. The fraction of sp³-hybridized carbons (Fsp3) is 1.00. The summed E-state index contributed by atoms with van der Waals surface area (Å²) in [7, 11) is 4.30. The molecular formula is C34H72NO3+. The Balaban J connectivity index is 3.92. The second kappa shape index (κ2) is 28.4. The molecule has 0 aromatic rings. The summed E-state index contributed by atoms with van der Waals surface area (Å²) >= 11 is 0. The standard InChI is InChI=1S/C34H72NO3/c1-6-8-10-12-14-16-18-19-21-23-25-27-31-37-34(35(4,5)29-30-36)32-38-33(3)28-26-24-22-20-17-15-13-11-9-7-2/h33-34,36H,6-32H2,1-5H3/q+1. The zero-order valence-corrected chi connectivity index (χ0v) is 27.0. The van der Waals surface area contributed by atoms with Crippen LogP contribution in [0.3, 0.4) is 0 Å². The lowest BCUT2D eigenvalue weighted by atomic mass is 10.0. The third kappa shape index (κ3) is 24.9. The summed E-state index contributed by atoms with van der Waals surface area (Å²) < 4.78 is 13.3. The van der Waals surface area contributed by atoms with Crippen LogP contribution in [0.4, 0.5) is 0 Å². The zero-order chi connectivity index (χ0) is 28.2. The lowest BCUT2D eigenvalue weighted by Gasteiger charge is -2.37. The maximum Gasteiger partial charge on any atom is 0.216 e. The van der Waals surface area contributed by atoms with Gasteiger partial charge < -0.3 is 14.6 Å². The number of aliphatic hydroxyl groups excluding tert-OH is 1. The minimum Gasteiger partial charge on any atom is -0.391 e. The molecule has 0 heterocycles. The Morgan fingerprint density at radius 2 is 0.947 bits per heavy atom. The van der Waals surface area contributed by atoms with Crippen molar-refractivity contribution in [3.63, 3.8) is 0 Å². The van der Waals surface area contributed by atoms with Crippen LogP contribution in [0.15, 0.2) is 0 Å². The molecule has 230 valence electrons. The normalized spacial score (nSPS) is 13.7. The Kier molecular flexibility index (Phi) is 28.3. The molecule has 0 fully saturated rings. The first-order valence-corrected chi connectivity index (χ1v) is 17.1. The lowest BCUT2D eigenvalue weighted by Crippen LogP contribution is -2.54. The second-order valence-electron chi connectivity index (χ2n) is 12.6. The number of hydrogen-bond acceptors (Lipinski definition) is 3. The van der Waals surface area contributed by atoms with E-state index in [1.165, 1.54) is 135 Å². The highest BCUT2D eigenvalue weighted by Crippen LogP contribution is 2.16. The van der Waals surface area contributed by atoms with Gasteiger partial charge in [0.25, 0.3) is 0 Å². The highest BCUT2D eigenvalue weighted by molar-refractivity contribution is 4.56. The smallest absolute Gasteiger partial charge is 0.216 e. The second-order valence-corrected chi connectivity index (χ2v) is 12.6. The number of likely N-dealkylation sites (N-methyl/N-ethyl adjacent to an activating group) is 1. The molecule has 0 saturated carbocycles. The summed E-state index contributed by atoms with van der Waals surface area (Å²) in [6.07, 6.45) is 31.5. The Bertz CT molecular complexity index is 457. The summed E-state index contributed by atoms with van der Waals surface area (Å²) in [6, 6.07) is 0. The van der Waals surface area contributed by atoms with Gasteiger partial charge in [-0.3, -0.25) is 4.48 Å². The lowest BCUT2D eigenvalue weighted by molar-refractivity contribution is -0.938. The third-order valence-electron chi connectivity index (χ3n) is 8.25. The van der Waals surface area contributed by atoms with E-state index < -0.39 is 0 Å². The van der Waals surface area contributed by atoms with Gasteiger partial charge in [-0.1, -0.05) is 149 Å². The van der Waals surface area contributed by atoms with E-state index in [-0.39, 0.29) is 18.9 Å². The first-order chi connectivity index (χ1) is 18.5. The third-order valence-corrected chi connectivity index (χ3v) is 8.25. The fourth-order valence-electron chi connectivity index (χ4n) is 5.26. The molecule has 0 aliphatic rings. The van der Waals surface area contributed by atoms with Gasteiger partial charge in [-0.15, -0.1) is 0 Å². The van der Waals surface area contributed by atoms with E-state index in [4.69, 9.17) is 9.47 Å². The summed E-state index contributed by atoms with van der Waals surface area (Å²) in [6.45, 7) is 9.07. The van der Waals surface area contributed by atoms with E-state index in [0.29, 0.717) is 17.6 Å². The highest BCUT2D eigenvalue weighted by atomic mass is 16.5. The molecule has 4 nitrogen and oxygen atoms in total. The largest absolute Gasteiger partial charge is 0.391 e. The van der Waals surface area contributed by atoms with Gasteiger partial charge in [0.05, 0.1) is 33.4 Å². The van der Waals surface area contributed by atoms with E-state index in [1.807, 2.05) is 0 Å². The molecule has 0 aliphatic heterocycles. The van der Waals surface area contributed by atoms with Gasteiger partial charge in [0.15, 0.2) is 0 Å². The van der Waals surface area contributed by atoms with Crippen LogP contribution in [0.1, 0.15) is 168 Å². The van der Waals surface area contributed by atoms with Gasteiger partial charge in [0, 0.05) is 0 Å². The molecule has 0 aliphatic carbocycles. The van der Waals surface area contributed by atoms with Crippen LogP contribution < -0.4 is 0 Å². The molecule has 0 amide bonds. The van der Waals surface area contributed by atoms with Crippen molar-refractivity contribution in [3.05, 3.63) is 0 Å². The van der Waals surface area contributed by atoms with Gasteiger partial charge in [0.2, 0.25) is 6.23 Å². The number of unbranched alkanes of at least 4 members (excludes halogenated alkanes) is 20. The maximum atomic E-state index is 9.56. The van der Waals surface area contributed by atoms with Crippen LogP contribution in [-0.4, -0.2) is 62.4 Å². The predicted molar refractivity (Wildman–Crippen MR) is 167 cm³/mol. The SMILES string of the molecule is CCCCCCCCCCCCCCOC(COC(C)CCCCCCCCCCCC)[N+](C)(C)CCO. The molecule has 2 unspecified atom stereocenters. The Hall–Kier alpha value is -0.160. The Morgan fingerprint density at radius 1 is 0.553 bits per heavy atom. The molecule has 0 rings (SSSR count). The van der Waals surface area contributed by atoms with E-state index >= 15 is 0 Å². The molecular weight excluding hydrogens is 470 g/mol. The number of hydrogen-bond donors (Lipinski definition) is 1. The van der Waals surface area contributed by atoms with Gasteiger partial charge in [-0.05, 0) is 19.8 Å². The van der Waals surface area contributed by atoms with E-state index in [1.54, 1.807) is 0 Å². The van der Waals surface area contributed by atoms with Crippen molar-refractivity contribution >= 4 is 0 Å². The topological polar surface area (TPSA) is 38.7 Å². The van der Waals surface area contributed by atoms with Gasteiger partial charge >= 0.3 is 0 Å². The van der Waals surface area contributed by atoms with Gasteiger partial charge in [-0.2, -0.15) is 0 Å². The van der Waals surface area contributed by atoms with Crippen molar-refractivity contribution < 1.29 is 19.1 Å².